The minimum atomic E-state index is -3.49. The molecule has 1 aromatic heterocycles. The van der Waals surface area contributed by atoms with E-state index in [1.165, 1.54) is 16.4 Å². The number of halogens is 1. The first kappa shape index (κ1) is 11.6. The predicted molar refractivity (Wildman–Crippen MR) is 60.4 cm³/mol. The first-order valence-corrected chi connectivity index (χ1v) is 6.67. The Labute approximate surface area is 98.8 Å². The highest BCUT2D eigenvalue weighted by molar-refractivity contribution is 7.90. The van der Waals surface area contributed by atoms with Crippen LogP contribution in [0, 0.1) is 0 Å². The van der Waals surface area contributed by atoms with Gasteiger partial charge >= 0.3 is 10.2 Å². The van der Waals surface area contributed by atoms with E-state index in [0.29, 0.717) is 13.1 Å². The van der Waals surface area contributed by atoms with Crippen LogP contribution in [0.1, 0.15) is 12.8 Å². The van der Waals surface area contributed by atoms with E-state index in [1.807, 2.05) is 0 Å². The van der Waals surface area contributed by atoms with Crippen molar-refractivity contribution >= 4 is 27.6 Å². The van der Waals surface area contributed by atoms with Crippen LogP contribution in [0.2, 0.25) is 5.15 Å². The maximum Gasteiger partial charge on any atom is 0.302 e. The lowest BCUT2D eigenvalue weighted by Gasteiger charge is -2.15. The van der Waals surface area contributed by atoms with Gasteiger partial charge in [-0.25, -0.2) is 0 Å². The number of nitrogens with one attached hydrogen (secondary N) is 1. The zero-order chi connectivity index (χ0) is 11.6. The van der Waals surface area contributed by atoms with Gasteiger partial charge < -0.3 is 0 Å². The molecule has 0 amide bonds. The Bertz CT molecular complexity index is 455. The van der Waals surface area contributed by atoms with Gasteiger partial charge in [-0.1, -0.05) is 11.6 Å². The number of hydrogen-bond donors (Lipinski definition) is 1. The van der Waals surface area contributed by atoms with Crippen molar-refractivity contribution in [3.05, 3.63) is 17.3 Å². The summed E-state index contributed by atoms with van der Waals surface area (Å²) in [6.07, 6.45) is 1.79. The van der Waals surface area contributed by atoms with Crippen LogP contribution in [0.3, 0.4) is 0 Å². The summed E-state index contributed by atoms with van der Waals surface area (Å²) < 4.78 is 27.3. The lowest BCUT2D eigenvalue weighted by molar-refractivity contribution is 0.482. The lowest BCUT2D eigenvalue weighted by Crippen LogP contribution is -2.33. The van der Waals surface area contributed by atoms with Crippen LogP contribution < -0.4 is 4.72 Å². The summed E-state index contributed by atoms with van der Waals surface area (Å²) in [5.74, 6) is 0.177. The van der Waals surface area contributed by atoms with E-state index < -0.39 is 10.2 Å². The fourth-order valence-corrected chi connectivity index (χ4v) is 2.84. The number of hydrogen-bond acceptors (Lipinski definition) is 4. The van der Waals surface area contributed by atoms with Gasteiger partial charge in [0.25, 0.3) is 0 Å². The van der Waals surface area contributed by atoms with Gasteiger partial charge in [-0.05, 0) is 25.0 Å². The molecule has 1 aliphatic heterocycles. The van der Waals surface area contributed by atoms with E-state index in [4.69, 9.17) is 11.6 Å². The fraction of sp³-hybridized carbons (Fsp3) is 0.500. The van der Waals surface area contributed by atoms with E-state index in [1.54, 1.807) is 0 Å². The number of rotatable bonds is 3. The van der Waals surface area contributed by atoms with Crippen LogP contribution in [0.15, 0.2) is 12.1 Å². The molecular formula is C8H11ClN4O2S. The molecule has 0 aliphatic carbocycles. The Kier molecular flexibility index (Phi) is 3.27. The van der Waals surface area contributed by atoms with E-state index in [-0.39, 0.29) is 11.0 Å². The molecule has 0 saturated carbocycles. The summed E-state index contributed by atoms with van der Waals surface area (Å²) in [7, 11) is -3.49. The maximum atomic E-state index is 11.8. The smallest absolute Gasteiger partial charge is 0.253 e. The van der Waals surface area contributed by atoms with E-state index in [2.05, 4.69) is 14.9 Å². The molecule has 0 atom stereocenters. The van der Waals surface area contributed by atoms with Crippen molar-refractivity contribution in [2.45, 2.75) is 12.8 Å². The summed E-state index contributed by atoms with van der Waals surface area (Å²) in [6.45, 7) is 1.10. The highest BCUT2D eigenvalue weighted by Gasteiger charge is 2.25. The standard InChI is InChI=1S/C8H11ClN4O2S/c9-7-3-4-8(11-10-7)12-16(14,15)13-5-1-2-6-13/h3-4H,1-2,5-6H2,(H,11,12). The molecule has 1 saturated heterocycles. The van der Waals surface area contributed by atoms with Crippen molar-refractivity contribution in [2.24, 2.45) is 0 Å². The fourth-order valence-electron chi connectivity index (χ4n) is 1.50. The third-order valence-electron chi connectivity index (χ3n) is 2.27. The van der Waals surface area contributed by atoms with Crippen molar-refractivity contribution < 1.29 is 8.42 Å². The molecule has 0 bridgehead atoms. The zero-order valence-corrected chi connectivity index (χ0v) is 10.00. The second-order valence-corrected chi connectivity index (χ2v) is 5.51. The first-order valence-electron chi connectivity index (χ1n) is 4.85. The van der Waals surface area contributed by atoms with Crippen LogP contribution in [0.25, 0.3) is 0 Å². The highest BCUT2D eigenvalue weighted by atomic mass is 35.5. The molecule has 8 heteroatoms. The Hall–Kier alpha value is -0.920. The minimum absolute atomic E-state index is 0.177. The third kappa shape index (κ3) is 2.60. The summed E-state index contributed by atoms with van der Waals surface area (Å²) >= 11 is 5.55. The number of aromatic nitrogens is 2. The van der Waals surface area contributed by atoms with Crippen LogP contribution in [0.5, 0.6) is 0 Å². The normalized spacial score (nSPS) is 17.6. The summed E-state index contributed by atoms with van der Waals surface area (Å²) in [5, 5.41) is 7.42. The molecule has 88 valence electrons. The quantitative estimate of drug-likeness (QED) is 0.878. The Morgan fingerprint density at radius 1 is 1.25 bits per heavy atom. The van der Waals surface area contributed by atoms with Gasteiger partial charge in [0.2, 0.25) is 0 Å². The molecular weight excluding hydrogens is 252 g/mol. The molecule has 1 fully saturated rings. The van der Waals surface area contributed by atoms with Gasteiger partial charge in [0.05, 0.1) is 0 Å². The number of nitrogens with zero attached hydrogens (tertiary/aromatic N) is 3. The molecule has 2 heterocycles. The molecule has 2 rings (SSSR count). The molecule has 0 aromatic carbocycles. The van der Waals surface area contributed by atoms with Gasteiger partial charge in [0.1, 0.15) is 0 Å². The largest absolute Gasteiger partial charge is 0.302 e. The van der Waals surface area contributed by atoms with Crippen LogP contribution in [-0.4, -0.2) is 36.0 Å². The van der Waals surface area contributed by atoms with Crippen molar-refractivity contribution in [1.82, 2.24) is 14.5 Å². The average molecular weight is 263 g/mol. The molecule has 16 heavy (non-hydrogen) atoms. The molecule has 6 nitrogen and oxygen atoms in total. The molecule has 1 aromatic rings. The van der Waals surface area contributed by atoms with E-state index in [0.717, 1.165) is 12.8 Å². The van der Waals surface area contributed by atoms with Crippen molar-refractivity contribution in [2.75, 3.05) is 17.8 Å². The van der Waals surface area contributed by atoms with E-state index in [9.17, 15) is 8.42 Å². The monoisotopic (exact) mass is 262 g/mol. The topological polar surface area (TPSA) is 75.2 Å². The van der Waals surface area contributed by atoms with Crippen molar-refractivity contribution in [3.63, 3.8) is 0 Å². The maximum absolute atomic E-state index is 11.8. The SMILES string of the molecule is O=S(=O)(Nc1ccc(Cl)nn1)N1CCCC1. The Morgan fingerprint density at radius 3 is 2.50 bits per heavy atom. The van der Waals surface area contributed by atoms with Gasteiger partial charge in [-0.3, -0.25) is 4.72 Å². The lowest BCUT2D eigenvalue weighted by atomic mass is 10.4. The Balaban J connectivity index is 2.11. The predicted octanol–water partition coefficient (Wildman–Crippen LogP) is 0.882. The third-order valence-corrected chi connectivity index (χ3v) is 3.98. The summed E-state index contributed by atoms with van der Waals surface area (Å²) in [5.41, 5.74) is 0. The summed E-state index contributed by atoms with van der Waals surface area (Å²) in [6, 6.07) is 2.96. The average Bonchev–Trinajstić information content (AvgIpc) is 2.75. The van der Waals surface area contributed by atoms with Crippen molar-refractivity contribution in [3.8, 4) is 0 Å². The van der Waals surface area contributed by atoms with Crippen LogP contribution in [0.4, 0.5) is 5.82 Å². The van der Waals surface area contributed by atoms with Gasteiger partial charge in [-0.15, -0.1) is 10.2 Å². The molecule has 0 unspecified atom stereocenters. The first-order chi connectivity index (χ1) is 7.58. The summed E-state index contributed by atoms with van der Waals surface area (Å²) in [4.78, 5) is 0. The van der Waals surface area contributed by atoms with Gasteiger partial charge in [0, 0.05) is 13.1 Å². The second kappa shape index (κ2) is 4.52. The zero-order valence-electron chi connectivity index (χ0n) is 8.43. The molecule has 0 spiro atoms. The van der Waals surface area contributed by atoms with Crippen LogP contribution in [-0.2, 0) is 10.2 Å². The number of anilines is 1. The molecule has 1 N–H and O–H groups in total. The molecule has 1 aliphatic rings. The highest BCUT2D eigenvalue weighted by Crippen LogP contribution is 2.15. The Morgan fingerprint density at radius 2 is 1.94 bits per heavy atom. The second-order valence-electron chi connectivity index (χ2n) is 3.45. The van der Waals surface area contributed by atoms with Crippen LogP contribution >= 0.6 is 11.6 Å². The van der Waals surface area contributed by atoms with Gasteiger partial charge in [0.15, 0.2) is 11.0 Å². The molecule has 0 radical (unpaired) electrons. The van der Waals surface area contributed by atoms with Crippen molar-refractivity contribution in [1.29, 1.82) is 0 Å². The van der Waals surface area contributed by atoms with Gasteiger partial charge in [-0.2, -0.15) is 12.7 Å². The minimum Gasteiger partial charge on any atom is -0.253 e. The van der Waals surface area contributed by atoms with E-state index >= 15 is 0 Å².